The normalized spacial score (nSPS) is 14.5. The number of hydrogen-bond donors (Lipinski definition) is 1. The summed E-state index contributed by atoms with van der Waals surface area (Å²) in [5, 5.41) is 7.50. The number of thiophene rings is 1. The minimum Gasteiger partial charge on any atom is -0.339 e. The molecule has 0 aliphatic heterocycles. The summed E-state index contributed by atoms with van der Waals surface area (Å²) < 4.78 is 6.51. The van der Waals surface area contributed by atoms with Crippen LogP contribution in [0.4, 0.5) is 0 Å². The molecule has 0 saturated heterocycles. The van der Waals surface area contributed by atoms with Crippen molar-refractivity contribution in [2.75, 3.05) is 6.54 Å². The number of hydrogen-bond acceptors (Lipinski definition) is 5. The third-order valence-electron chi connectivity index (χ3n) is 3.12. The minimum absolute atomic E-state index is 0.254. The van der Waals surface area contributed by atoms with Crippen LogP contribution in [-0.2, 0) is 0 Å². The van der Waals surface area contributed by atoms with Gasteiger partial charge in [-0.05, 0) is 48.0 Å². The highest BCUT2D eigenvalue weighted by Crippen LogP contribution is 2.31. The van der Waals surface area contributed by atoms with Gasteiger partial charge in [0.25, 0.3) is 0 Å². The molecular weight excluding hydrogens is 326 g/mol. The molecule has 0 saturated carbocycles. The Labute approximate surface area is 125 Å². The Bertz CT molecular complexity index is 525. The van der Waals surface area contributed by atoms with E-state index in [0.717, 1.165) is 27.5 Å². The summed E-state index contributed by atoms with van der Waals surface area (Å²) in [6, 6.07) is 4.32. The van der Waals surface area contributed by atoms with E-state index >= 15 is 0 Å². The smallest absolute Gasteiger partial charge is 0.231 e. The second-order valence-corrected chi connectivity index (χ2v) is 6.88. The molecule has 1 N–H and O–H groups in total. The van der Waals surface area contributed by atoms with Gasteiger partial charge in [0.05, 0.1) is 14.6 Å². The fraction of sp³-hybridized carbons (Fsp3) is 0.538. The number of rotatable bonds is 6. The van der Waals surface area contributed by atoms with Crippen molar-refractivity contribution in [1.29, 1.82) is 0 Å². The van der Waals surface area contributed by atoms with Crippen LogP contribution < -0.4 is 5.32 Å². The zero-order chi connectivity index (χ0) is 13.8. The first-order valence-electron chi connectivity index (χ1n) is 6.48. The molecular formula is C13H18BrN3OS. The van der Waals surface area contributed by atoms with Gasteiger partial charge in [-0.1, -0.05) is 19.0 Å². The second-order valence-electron chi connectivity index (χ2n) is 4.42. The quantitative estimate of drug-likeness (QED) is 0.859. The van der Waals surface area contributed by atoms with Crippen molar-refractivity contribution in [2.45, 2.75) is 39.2 Å². The second kappa shape index (κ2) is 6.63. The SMILES string of the molecule is CCNC(C)C(CC)c1nc(-c2ccc(Br)s2)no1. The topological polar surface area (TPSA) is 51.0 Å². The average Bonchev–Trinajstić information content (AvgIpc) is 2.99. The summed E-state index contributed by atoms with van der Waals surface area (Å²) in [5.41, 5.74) is 0. The van der Waals surface area contributed by atoms with Crippen molar-refractivity contribution in [3.63, 3.8) is 0 Å². The van der Waals surface area contributed by atoms with Crippen LogP contribution in [0.5, 0.6) is 0 Å². The highest BCUT2D eigenvalue weighted by Gasteiger charge is 2.23. The van der Waals surface area contributed by atoms with Crippen molar-refractivity contribution in [1.82, 2.24) is 15.5 Å². The lowest BCUT2D eigenvalue weighted by Crippen LogP contribution is -2.31. The van der Waals surface area contributed by atoms with Crippen molar-refractivity contribution >= 4 is 27.3 Å². The molecule has 19 heavy (non-hydrogen) atoms. The molecule has 2 aromatic rings. The van der Waals surface area contributed by atoms with Gasteiger partial charge < -0.3 is 9.84 Å². The molecule has 0 aromatic carbocycles. The van der Waals surface area contributed by atoms with E-state index in [2.05, 4.69) is 52.2 Å². The summed E-state index contributed by atoms with van der Waals surface area (Å²) in [6.45, 7) is 7.34. The number of nitrogens with zero attached hydrogens (tertiary/aromatic N) is 2. The maximum Gasteiger partial charge on any atom is 0.231 e. The van der Waals surface area contributed by atoms with Gasteiger partial charge in [-0.15, -0.1) is 11.3 Å². The summed E-state index contributed by atoms with van der Waals surface area (Å²) in [5.74, 6) is 1.65. The van der Waals surface area contributed by atoms with Gasteiger partial charge >= 0.3 is 0 Å². The molecule has 2 unspecified atom stereocenters. The van der Waals surface area contributed by atoms with E-state index in [4.69, 9.17) is 4.52 Å². The molecule has 0 amide bonds. The Hall–Kier alpha value is -0.720. The van der Waals surface area contributed by atoms with Crippen LogP contribution in [0.15, 0.2) is 20.4 Å². The van der Waals surface area contributed by atoms with E-state index in [-0.39, 0.29) is 5.92 Å². The zero-order valence-electron chi connectivity index (χ0n) is 11.3. The molecule has 2 rings (SSSR count). The van der Waals surface area contributed by atoms with E-state index in [1.807, 2.05) is 12.1 Å². The van der Waals surface area contributed by atoms with Crippen molar-refractivity contribution in [3.05, 3.63) is 21.8 Å². The lowest BCUT2D eigenvalue weighted by molar-refractivity contribution is 0.318. The fourth-order valence-corrected chi connectivity index (χ4v) is 3.44. The van der Waals surface area contributed by atoms with Gasteiger partial charge in [0.1, 0.15) is 0 Å². The van der Waals surface area contributed by atoms with Crippen LogP contribution in [0.2, 0.25) is 0 Å². The van der Waals surface area contributed by atoms with Crippen LogP contribution in [0.3, 0.4) is 0 Å². The van der Waals surface area contributed by atoms with E-state index in [1.165, 1.54) is 0 Å². The molecule has 0 radical (unpaired) electrons. The lowest BCUT2D eigenvalue weighted by atomic mass is 9.98. The van der Waals surface area contributed by atoms with E-state index in [9.17, 15) is 0 Å². The molecule has 2 aromatic heterocycles. The first-order valence-corrected chi connectivity index (χ1v) is 8.09. The summed E-state index contributed by atoms with van der Waals surface area (Å²) in [4.78, 5) is 5.56. The number of nitrogens with one attached hydrogen (secondary N) is 1. The number of likely N-dealkylation sites (N-methyl/N-ethyl adjacent to an activating group) is 1. The first-order chi connectivity index (χ1) is 9.15. The number of halogens is 1. The van der Waals surface area contributed by atoms with Crippen molar-refractivity contribution < 1.29 is 4.52 Å². The van der Waals surface area contributed by atoms with Gasteiger partial charge in [-0.25, -0.2) is 0 Å². The molecule has 104 valence electrons. The Balaban J connectivity index is 2.19. The predicted octanol–water partition coefficient (Wildman–Crippen LogP) is 4.05. The van der Waals surface area contributed by atoms with E-state index in [0.29, 0.717) is 11.9 Å². The van der Waals surface area contributed by atoms with E-state index in [1.54, 1.807) is 11.3 Å². The first kappa shape index (κ1) is 14.7. The standard InChI is InChI=1S/C13H18BrN3OS/c1-4-9(8(3)15-5-2)13-16-12(17-18-13)10-6-7-11(14)19-10/h6-9,15H,4-5H2,1-3H3. The zero-order valence-corrected chi connectivity index (χ0v) is 13.7. The Morgan fingerprint density at radius 2 is 2.21 bits per heavy atom. The molecule has 2 heterocycles. The lowest BCUT2D eigenvalue weighted by Gasteiger charge is -2.19. The molecule has 0 aliphatic rings. The number of aromatic nitrogens is 2. The fourth-order valence-electron chi connectivity index (χ4n) is 2.13. The molecule has 0 bridgehead atoms. The monoisotopic (exact) mass is 343 g/mol. The van der Waals surface area contributed by atoms with Crippen molar-refractivity contribution in [2.24, 2.45) is 0 Å². The van der Waals surface area contributed by atoms with Gasteiger partial charge in [0.15, 0.2) is 0 Å². The molecule has 6 heteroatoms. The maximum absolute atomic E-state index is 5.44. The summed E-state index contributed by atoms with van der Waals surface area (Å²) in [7, 11) is 0. The third kappa shape index (κ3) is 3.43. The minimum atomic E-state index is 0.254. The van der Waals surface area contributed by atoms with Gasteiger partial charge in [0, 0.05) is 6.04 Å². The average molecular weight is 344 g/mol. The Morgan fingerprint density at radius 3 is 2.79 bits per heavy atom. The highest BCUT2D eigenvalue weighted by atomic mass is 79.9. The largest absolute Gasteiger partial charge is 0.339 e. The van der Waals surface area contributed by atoms with Crippen molar-refractivity contribution in [3.8, 4) is 10.7 Å². The molecule has 0 aliphatic carbocycles. The molecule has 0 spiro atoms. The van der Waals surface area contributed by atoms with Gasteiger partial charge in [0.2, 0.25) is 11.7 Å². The highest BCUT2D eigenvalue weighted by molar-refractivity contribution is 9.11. The van der Waals surface area contributed by atoms with Gasteiger partial charge in [-0.3, -0.25) is 0 Å². The van der Waals surface area contributed by atoms with Crippen LogP contribution >= 0.6 is 27.3 Å². The Kier molecular flexibility index (Phi) is 5.13. The van der Waals surface area contributed by atoms with Gasteiger partial charge in [-0.2, -0.15) is 4.98 Å². The Morgan fingerprint density at radius 1 is 1.42 bits per heavy atom. The molecule has 2 atom stereocenters. The van der Waals surface area contributed by atoms with Crippen LogP contribution in [0.1, 0.15) is 39.0 Å². The third-order valence-corrected chi connectivity index (χ3v) is 4.74. The maximum atomic E-state index is 5.44. The van der Waals surface area contributed by atoms with Crippen LogP contribution in [0.25, 0.3) is 10.7 Å². The predicted molar refractivity (Wildman–Crippen MR) is 81.5 cm³/mol. The van der Waals surface area contributed by atoms with Crippen LogP contribution in [0, 0.1) is 0 Å². The van der Waals surface area contributed by atoms with Crippen LogP contribution in [-0.4, -0.2) is 22.7 Å². The van der Waals surface area contributed by atoms with E-state index < -0.39 is 0 Å². The summed E-state index contributed by atoms with van der Waals surface area (Å²) in [6.07, 6.45) is 0.976. The molecule has 4 nitrogen and oxygen atoms in total. The summed E-state index contributed by atoms with van der Waals surface area (Å²) >= 11 is 5.05. The molecule has 0 fully saturated rings.